The van der Waals surface area contributed by atoms with Crippen LogP contribution in [0.5, 0.6) is 0 Å². The van der Waals surface area contributed by atoms with Crippen LogP contribution < -0.4 is 27.8 Å². The van der Waals surface area contributed by atoms with E-state index in [1.54, 1.807) is 28.3 Å². The number of allylic oxidation sites excluding steroid dienone is 2. The quantitative estimate of drug-likeness (QED) is 0.0877. The molecule has 7 heterocycles. The predicted molar refractivity (Wildman–Crippen MR) is 236 cm³/mol. The van der Waals surface area contributed by atoms with Gasteiger partial charge < -0.3 is 31.4 Å². The van der Waals surface area contributed by atoms with Crippen LogP contribution in [-0.4, -0.2) is 105 Å². The number of benzene rings is 1. The van der Waals surface area contributed by atoms with E-state index in [1.807, 2.05) is 43.6 Å². The smallest absolute Gasteiger partial charge is 0.278 e. The first-order valence-electron chi connectivity index (χ1n) is 21.2. The largest absolute Gasteiger partial charge is 0.395 e. The second-order valence-corrected chi connectivity index (χ2v) is 16.3. The number of ether oxygens (including phenoxy) is 1. The van der Waals surface area contributed by atoms with Crippen molar-refractivity contribution in [3.8, 4) is 0 Å². The number of nitrogens with zero attached hydrogens (tertiary/aromatic N) is 10. The number of likely N-dealkylation sites (tertiary alicyclic amines) is 1. The number of hydrogen-bond acceptors (Lipinski definition) is 12. The fourth-order valence-electron chi connectivity index (χ4n) is 8.77. The molecular weight excluding hydrogens is 807 g/mol. The number of primary amides is 2. The molecule has 2 aliphatic rings. The minimum Gasteiger partial charge on any atom is -0.395 e. The number of carbonyl (C=O) groups is 4. The molecule has 0 bridgehead atoms. The van der Waals surface area contributed by atoms with E-state index in [9.17, 15) is 19.2 Å². The molecule has 4 amide bonds. The van der Waals surface area contributed by atoms with E-state index in [1.165, 1.54) is 16.9 Å². The summed E-state index contributed by atoms with van der Waals surface area (Å²) in [5, 5.41) is 14.7. The molecule has 6 aromatic rings. The molecule has 0 atom stereocenters. The fourth-order valence-corrected chi connectivity index (χ4v) is 8.77. The number of aromatic nitrogens is 9. The van der Waals surface area contributed by atoms with Crippen molar-refractivity contribution in [2.75, 3.05) is 49.2 Å². The van der Waals surface area contributed by atoms with Crippen LogP contribution in [0.4, 0.5) is 17.6 Å². The Morgan fingerprint density at radius 3 is 2.17 bits per heavy atom. The van der Waals surface area contributed by atoms with Crippen LogP contribution in [-0.2, 0) is 37.3 Å². The molecule has 2 fully saturated rings. The molecule has 0 radical (unpaired) electrons. The third-order valence-electron chi connectivity index (χ3n) is 12.0. The molecule has 0 saturated carbocycles. The van der Waals surface area contributed by atoms with E-state index in [4.69, 9.17) is 26.9 Å². The van der Waals surface area contributed by atoms with Gasteiger partial charge in [0.05, 0.1) is 33.7 Å². The summed E-state index contributed by atoms with van der Waals surface area (Å²) in [7, 11) is 0. The molecule has 8 rings (SSSR count). The highest BCUT2D eigenvalue weighted by Crippen LogP contribution is 2.40. The molecule has 5 aromatic heterocycles. The monoisotopic (exact) mass is 859 g/mol. The Morgan fingerprint density at radius 2 is 1.48 bits per heavy atom. The van der Waals surface area contributed by atoms with Crippen molar-refractivity contribution in [2.45, 2.75) is 79.6 Å². The van der Waals surface area contributed by atoms with Crippen molar-refractivity contribution in [1.29, 1.82) is 0 Å². The van der Waals surface area contributed by atoms with Gasteiger partial charge in [0.1, 0.15) is 16.9 Å². The number of pyridine rings is 1. The van der Waals surface area contributed by atoms with Gasteiger partial charge in [-0.1, -0.05) is 12.2 Å². The number of carbonyl (C=O) groups excluding carboxylic acids is 4. The van der Waals surface area contributed by atoms with Gasteiger partial charge in [-0.3, -0.25) is 43.7 Å². The summed E-state index contributed by atoms with van der Waals surface area (Å²) in [5.41, 5.74) is 23.4. The van der Waals surface area contributed by atoms with Crippen LogP contribution in [0.1, 0.15) is 91.8 Å². The Balaban J connectivity index is 1.12. The summed E-state index contributed by atoms with van der Waals surface area (Å²) >= 11 is 0. The van der Waals surface area contributed by atoms with E-state index in [2.05, 4.69) is 35.7 Å². The second-order valence-electron chi connectivity index (χ2n) is 16.3. The summed E-state index contributed by atoms with van der Waals surface area (Å²) in [6, 6.07) is 6.71. The van der Waals surface area contributed by atoms with Gasteiger partial charge in [0.15, 0.2) is 5.65 Å². The van der Waals surface area contributed by atoms with Gasteiger partial charge in [0.2, 0.25) is 23.7 Å². The lowest BCUT2D eigenvalue weighted by atomic mass is 9.73. The van der Waals surface area contributed by atoms with Crippen LogP contribution in [0, 0.1) is 19.3 Å². The lowest BCUT2D eigenvalue weighted by Crippen LogP contribution is -2.58. The topological polar surface area (TPSA) is 267 Å². The molecular formula is C43H53N15O5. The average Bonchev–Trinajstić information content (AvgIpc) is 3.99. The molecule has 1 spiro atoms. The normalized spacial score (nSPS) is 15.1. The highest BCUT2D eigenvalue weighted by molar-refractivity contribution is 6.07. The van der Waals surface area contributed by atoms with Crippen LogP contribution in [0.2, 0.25) is 0 Å². The van der Waals surface area contributed by atoms with Gasteiger partial charge in [0.25, 0.3) is 11.8 Å². The van der Waals surface area contributed by atoms with Gasteiger partial charge in [0, 0.05) is 69.7 Å². The Hall–Kier alpha value is -6.93. The van der Waals surface area contributed by atoms with E-state index in [0.29, 0.717) is 64.3 Å². The van der Waals surface area contributed by atoms with E-state index < -0.39 is 17.7 Å². The number of aryl methyl sites for hydroxylation is 5. The standard InChI is InChI=1S/C43H53N15O5/c1-5-57-32(18-25(3)52-57)39(61)50-41-48-30-20-28(36(45)59)19-27(10-9-13-54-23-43(24-54)11-16-63-17-12-43)34(30)55(41)14-7-8-15-56-38-31(21-29(22-47-38)37(46)60)49-42(56)51-40(62)35-33(44)26(4)53-58(35)6-2/h7-8,18-22H,5-6,9-17,23-24,44H2,1-4H3,(H2,45,59)(H2,46,60)(H,48,50,61)(H,49,51,62)/b8-7+. The molecule has 2 aliphatic heterocycles. The third-order valence-corrected chi connectivity index (χ3v) is 12.0. The van der Waals surface area contributed by atoms with Gasteiger partial charge in [-0.05, 0) is 89.8 Å². The number of hydrogen-bond donors (Lipinski definition) is 5. The highest BCUT2D eigenvalue weighted by atomic mass is 16.5. The van der Waals surface area contributed by atoms with E-state index in [-0.39, 0.29) is 47.8 Å². The maximum absolute atomic E-state index is 13.9. The first-order chi connectivity index (χ1) is 30.3. The summed E-state index contributed by atoms with van der Waals surface area (Å²) in [6.07, 6.45) is 8.78. The second kappa shape index (κ2) is 17.4. The van der Waals surface area contributed by atoms with Crippen LogP contribution >= 0.6 is 0 Å². The van der Waals surface area contributed by atoms with Crippen LogP contribution in [0.3, 0.4) is 0 Å². The number of nitrogens with one attached hydrogen (secondary N) is 2. The lowest BCUT2D eigenvalue weighted by molar-refractivity contribution is -0.0804. The number of anilines is 3. The van der Waals surface area contributed by atoms with Gasteiger partial charge in [-0.2, -0.15) is 10.2 Å². The lowest BCUT2D eigenvalue weighted by Gasteiger charge is -2.52. The van der Waals surface area contributed by atoms with Crippen molar-refractivity contribution in [3.05, 3.63) is 82.1 Å². The maximum atomic E-state index is 13.9. The molecule has 20 heteroatoms. The van der Waals surface area contributed by atoms with E-state index in [0.717, 1.165) is 63.2 Å². The zero-order valence-electron chi connectivity index (χ0n) is 36.0. The number of nitrogen functional groups attached to an aromatic ring is 1. The van der Waals surface area contributed by atoms with Crippen molar-refractivity contribution >= 4 is 63.4 Å². The minimum absolute atomic E-state index is 0.157. The van der Waals surface area contributed by atoms with Crippen LogP contribution in [0.15, 0.2) is 42.6 Å². The summed E-state index contributed by atoms with van der Waals surface area (Å²) < 4.78 is 12.4. The van der Waals surface area contributed by atoms with Crippen molar-refractivity contribution in [2.24, 2.45) is 16.9 Å². The van der Waals surface area contributed by atoms with Gasteiger partial charge >= 0.3 is 0 Å². The SMILES string of the molecule is CCn1nc(C)cc1C(=O)Nc1nc2cc(C(N)=O)cc(CCCN3CC4(CCOCC4)C3)c2n1C/C=C/Cn1c(NC(=O)c2c(N)c(C)nn2CC)nc2cc(C(N)=O)cnc21. The molecule has 63 heavy (non-hydrogen) atoms. The Morgan fingerprint density at radius 1 is 0.825 bits per heavy atom. The Bertz CT molecular complexity index is 2780. The molecule has 20 nitrogen and oxygen atoms in total. The molecule has 330 valence electrons. The van der Waals surface area contributed by atoms with Crippen molar-refractivity contribution in [3.63, 3.8) is 0 Å². The van der Waals surface area contributed by atoms with Gasteiger partial charge in [-0.15, -0.1) is 0 Å². The molecule has 2 saturated heterocycles. The molecule has 0 aliphatic carbocycles. The fraction of sp³-hybridized carbons (Fsp3) is 0.419. The number of nitrogens with two attached hydrogens (primary N) is 3. The minimum atomic E-state index is -0.671. The zero-order chi connectivity index (χ0) is 44.6. The van der Waals surface area contributed by atoms with Crippen molar-refractivity contribution < 1.29 is 23.9 Å². The predicted octanol–water partition coefficient (Wildman–Crippen LogP) is 3.42. The number of fused-ring (bicyclic) bond motifs is 2. The first-order valence-corrected chi connectivity index (χ1v) is 21.2. The Labute approximate surface area is 362 Å². The van der Waals surface area contributed by atoms with Crippen molar-refractivity contribution in [1.82, 2.24) is 48.5 Å². The summed E-state index contributed by atoms with van der Waals surface area (Å²) in [6.45, 7) is 13.3. The number of rotatable bonds is 16. The molecule has 1 aromatic carbocycles. The maximum Gasteiger partial charge on any atom is 0.278 e. The Kier molecular flexibility index (Phi) is 11.8. The number of amides is 4. The van der Waals surface area contributed by atoms with E-state index >= 15 is 0 Å². The van der Waals surface area contributed by atoms with Gasteiger partial charge in [-0.25, -0.2) is 15.0 Å². The van der Waals surface area contributed by atoms with Crippen LogP contribution in [0.25, 0.3) is 22.2 Å². The molecule has 8 N–H and O–H groups in total. The molecule has 0 unspecified atom stereocenters. The summed E-state index contributed by atoms with van der Waals surface area (Å²) in [4.78, 5) is 68.7. The first kappa shape index (κ1) is 42.7. The number of imidazole rings is 2. The summed E-state index contributed by atoms with van der Waals surface area (Å²) in [5.74, 6) is -1.72. The highest BCUT2D eigenvalue weighted by Gasteiger charge is 2.43. The average molecular weight is 860 g/mol. The third kappa shape index (κ3) is 8.50. The zero-order valence-corrected chi connectivity index (χ0v) is 36.0.